The van der Waals surface area contributed by atoms with Gasteiger partial charge in [0.15, 0.2) is 0 Å². The zero-order valence-electron chi connectivity index (χ0n) is 11.8. The fourth-order valence-electron chi connectivity index (χ4n) is 2.94. The maximum Gasteiger partial charge on any atom is 0.0369 e. The third kappa shape index (κ3) is 2.26. The first-order chi connectivity index (χ1) is 8.58. The van der Waals surface area contributed by atoms with Gasteiger partial charge in [-0.15, -0.1) is 0 Å². The molecule has 2 nitrogen and oxygen atoms in total. The van der Waals surface area contributed by atoms with Crippen molar-refractivity contribution in [3.05, 3.63) is 29.3 Å². The zero-order chi connectivity index (χ0) is 12.8. The number of nitrogens with one attached hydrogen (secondary N) is 1. The van der Waals surface area contributed by atoms with E-state index in [1.54, 1.807) is 0 Å². The normalized spacial score (nSPS) is 26.2. The monoisotopic (exact) mass is 244 g/mol. The first kappa shape index (κ1) is 12.0. The number of aryl methyl sites for hydroxylation is 2. The number of anilines is 1. The van der Waals surface area contributed by atoms with Crippen LogP contribution in [0.4, 0.5) is 5.69 Å². The second-order valence-corrected chi connectivity index (χ2v) is 6.43. The van der Waals surface area contributed by atoms with E-state index in [2.05, 4.69) is 49.2 Å². The van der Waals surface area contributed by atoms with Crippen LogP contribution in [0.3, 0.4) is 0 Å². The van der Waals surface area contributed by atoms with E-state index in [0.29, 0.717) is 11.5 Å². The summed E-state index contributed by atoms with van der Waals surface area (Å²) in [4.78, 5) is 2.59. The molecule has 1 aromatic carbocycles. The van der Waals surface area contributed by atoms with Gasteiger partial charge in [-0.05, 0) is 56.9 Å². The van der Waals surface area contributed by atoms with Crippen LogP contribution in [0.1, 0.15) is 30.9 Å². The molecular formula is C16H24N2. The average molecular weight is 244 g/mol. The first-order valence-electron chi connectivity index (χ1n) is 7.14. The van der Waals surface area contributed by atoms with Gasteiger partial charge in [-0.1, -0.05) is 6.07 Å². The lowest BCUT2D eigenvalue weighted by atomic mass is 10.1. The first-order valence-corrected chi connectivity index (χ1v) is 7.14. The van der Waals surface area contributed by atoms with Crippen LogP contribution in [0, 0.1) is 19.3 Å². The number of hydrogen-bond acceptors (Lipinski definition) is 2. The summed E-state index contributed by atoms with van der Waals surface area (Å²) in [7, 11) is 0. The van der Waals surface area contributed by atoms with E-state index < -0.39 is 0 Å². The van der Waals surface area contributed by atoms with Crippen LogP contribution in [0.5, 0.6) is 0 Å². The minimum absolute atomic E-state index is 0.573. The van der Waals surface area contributed by atoms with Crippen LogP contribution >= 0.6 is 0 Å². The molecule has 98 valence electrons. The molecule has 1 aliphatic heterocycles. The highest BCUT2D eigenvalue weighted by Gasteiger charge is 2.45. The van der Waals surface area contributed by atoms with Gasteiger partial charge in [0.05, 0.1) is 0 Å². The largest absolute Gasteiger partial charge is 0.369 e. The highest BCUT2D eigenvalue weighted by molar-refractivity contribution is 5.51. The van der Waals surface area contributed by atoms with Crippen LogP contribution in [-0.2, 0) is 0 Å². The molecule has 1 aromatic rings. The van der Waals surface area contributed by atoms with E-state index in [4.69, 9.17) is 0 Å². The van der Waals surface area contributed by atoms with Gasteiger partial charge in [0, 0.05) is 36.8 Å². The lowest BCUT2D eigenvalue weighted by molar-refractivity contribution is 0.479. The Labute approximate surface area is 110 Å². The molecule has 1 saturated carbocycles. The molecule has 2 heteroatoms. The Bertz CT molecular complexity index is 448. The number of benzene rings is 1. The van der Waals surface area contributed by atoms with E-state index in [-0.39, 0.29) is 0 Å². The summed E-state index contributed by atoms with van der Waals surface area (Å²) < 4.78 is 0. The molecule has 2 aliphatic rings. The molecule has 18 heavy (non-hydrogen) atoms. The fraction of sp³-hybridized carbons (Fsp3) is 0.625. The van der Waals surface area contributed by atoms with Crippen LogP contribution < -0.4 is 10.2 Å². The van der Waals surface area contributed by atoms with E-state index >= 15 is 0 Å². The molecule has 0 amide bonds. The molecular weight excluding hydrogens is 220 g/mol. The fourth-order valence-corrected chi connectivity index (χ4v) is 2.94. The molecule has 0 radical (unpaired) electrons. The third-order valence-electron chi connectivity index (χ3n) is 4.66. The van der Waals surface area contributed by atoms with E-state index in [1.807, 2.05) is 0 Å². The molecule has 1 atom stereocenters. The predicted octanol–water partition coefficient (Wildman–Crippen LogP) is 2.88. The molecule has 2 fully saturated rings. The van der Waals surface area contributed by atoms with Crippen molar-refractivity contribution >= 4 is 5.69 Å². The Hall–Kier alpha value is -1.02. The van der Waals surface area contributed by atoms with E-state index in [0.717, 1.165) is 6.54 Å². The molecule has 1 aliphatic carbocycles. The van der Waals surface area contributed by atoms with Gasteiger partial charge in [-0.2, -0.15) is 0 Å². The topological polar surface area (TPSA) is 15.3 Å². The second-order valence-electron chi connectivity index (χ2n) is 6.43. The van der Waals surface area contributed by atoms with Crippen LogP contribution in [-0.4, -0.2) is 25.7 Å². The molecule has 1 saturated heterocycles. The SMILES string of the molecule is Cc1ccc(N2CC(C)NCC3(CC3)C2)cc1C. The average Bonchev–Trinajstić information content (AvgIpc) is 3.12. The lowest BCUT2D eigenvalue weighted by Crippen LogP contribution is -2.35. The molecule has 1 unspecified atom stereocenters. The molecule has 1 N–H and O–H groups in total. The van der Waals surface area contributed by atoms with Gasteiger partial charge < -0.3 is 10.2 Å². The van der Waals surface area contributed by atoms with Crippen LogP contribution in [0.15, 0.2) is 18.2 Å². The predicted molar refractivity (Wildman–Crippen MR) is 77.3 cm³/mol. The summed E-state index contributed by atoms with van der Waals surface area (Å²) in [5.74, 6) is 0. The van der Waals surface area contributed by atoms with Gasteiger partial charge in [-0.3, -0.25) is 0 Å². The van der Waals surface area contributed by atoms with Crippen molar-refractivity contribution in [1.29, 1.82) is 0 Å². The lowest BCUT2D eigenvalue weighted by Gasteiger charge is -2.27. The quantitative estimate of drug-likeness (QED) is 0.817. The maximum absolute atomic E-state index is 3.68. The standard InChI is InChI=1S/C16H24N2/c1-12-4-5-15(8-13(12)2)18-9-14(3)17-10-16(11-18)6-7-16/h4-5,8,14,17H,6-7,9-11H2,1-3H3. The summed E-state index contributed by atoms with van der Waals surface area (Å²) in [5, 5.41) is 3.68. The van der Waals surface area contributed by atoms with Gasteiger partial charge in [0.1, 0.15) is 0 Å². The molecule has 1 heterocycles. The maximum atomic E-state index is 3.68. The van der Waals surface area contributed by atoms with Gasteiger partial charge in [-0.25, -0.2) is 0 Å². The molecule has 0 bridgehead atoms. The highest BCUT2D eigenvalue weighted by atomic mass is 15.2. The van der Waals surface area contributed by atoms with Gasteiger partial charge in [0.2, 0.25) is 0 Å². The van der Waals surface area contributed by atoms with Crippen molar-refractivity contribution in [1.82, 2.24) is 5.32 Å². The number of rotatable bonds is 1. The summed E-state index contributed by atoms with van der Waals surface area (Å²) >= 11 is 0. The summed E-state index contributed by atoms with van der Waals surface area (Å²) in [5.41, 5.74) is 4.77. The Morgan fingerprint density at radius 2 is 2.00 bits per heavy atom. The van der Waals surface area contributed by atoms with Crippen molar-refractivity contribution < 1.29 is 0 Å². The number of nitrogens with zero attached hydrogens (tertiary/aromatic N) is 1. The second kappa shape index (κ2) is 4.27. The summed E-state index contributed by atoms with van der Waals surface area (Å²) in [6, 6.07) is 7.49. The van der Waals surface area contributed by atoms with Crippen molar-refractivity contribution in [2.45, 2.75) is 39.7 Å². The van der Waals surface area contributed by atoms with Crippen LogP contribution in [0.2, 0.25) is 0 Å². The Kier molecular flexibility index (Phi) is 2.86. The Balaban J connectivity index is 1.86. The van der Waals surface area contributed by atoms with Crippen molar-refractivity contribution in [3.63, 3.8) is 0 Å². The van der Waals surface area contributed by atoms with Crippen LogP contribution in [0.25, 0.3) is 0 Å². The van der Waals surface area contributed by atoms with Crippen molar-refractivity contribution in [3.8, 4) is 0 Å². The minimum atomic E-state index is 0.573. The van der Waals surface area contributed by atoms with Crippen molar-refractivity contribution in [2.24, 2.45) is 5.41 Å². The summed E-state index contributed by atoms with van der Waals surface area (Å²) in [6.07, 6.45) is 2.79. The van der Waals surface area contributed by atoms with Gasteiger partial charge >= 0.3 is 0 Å². The minimum Gasteiger partial charge on any atom is -0.369 e. The van der Waals surface area contributed by atoms with E-state index in [1.165, 1.54) is 42.7 Å². The van der Waals surface area contributed by atoms with Crippen molar-refractivity contribution in [2.75, 3.05) is 24.5 Å². The smallest absolute Gasteiger partial charge is 0.0369 e. The molecule has 3 rings (SSSR count). The van der Waals surface area contributed by atoms with E-state index in [9.17, 15) is 0 Å². The zero-order valence-corrected chi connectivity index (χ0v) is 11.8. The highest BCUT2D eigenvalue weighted by Crippen LogP contribution is 2.47. The molecule has 0 aromatic heterocycles. The van der Waals surface area contributed by atoms with Gasteiger partial charge in [0.25, 0.3) is 0 Å². The summed E-state index contributed by atoms with van der Waals surface area (Å²) in [6.45, 7) is 10.3. The Morgan fingerprint density at radius 3 is 2.67 bits per heavy atom. The number of hydrogen-bond donors (Lipinski definition) is 1. The third-order valence-corrected chi connectivity index (χ3v) is 4.66. The Morgan fingerprint density at radius 1 is 1.22 bits per heavy atom. The molecule has 1 spiro atoms.